The molecule has 0 saturated carbocycles. The molecule has 0 bridgehead atoms. The van der Waals surface area contributed by atoms with Gasteiger partial charge in [0.1, 0.15) is 18.1 Å². The number of aliphatic hydroxyl groups is 1. The van der Waals surface area contributed by atoms with E-state index in [0.717, 1.165) is 27.6 Å². The van der Waals surface area contributed by atoms with Crippen molar-refractivity contribution in [1.82, 2.24) is 30.7 Å². The fraction of sp³-hybridized carbons (Fsp3) is 0.342. The number of hydrogen-bond acceptors (Lipinski definition) is 7. The van der Waals surface area contributed by atoms with Gasteiger partial charge < -0.3 is 41.6 Å². The van der Waals surface area contributed by atoms with E-state index in [1.807, 2.05) is 66.7 Å². The van der Waals surface area contributed by atoms with Crippen molar-refractivity contribution in [3.05, 3.63) is 107 Å². The highest BCUT2D eigenvalue weighted by atomic mass is 16.3. The molecule has 51 heavy (non-hydrogen) atoms. The number of carbonyl (C=O) groups excluding carboxylic acids is 5. The Labute approximate surface area is 295 Å². The lowest BCUT2D eigenvalue weighted by Crippen LogP contribution is -2.57. The quantitative estimate of drug-likeness (QED) is 0.164. The molecule has 2 saturated heterocycles. The third-order valence-corrected chi connectivity index (χ3v) is 9.45. The van der Waals surface area contributed by atoms with Crippen molar-refractivity contribution in [3.63, 3.8) is 0 Å². The van der Waals surface area contributed by atoms with Crippen molar-refractivity contribution >= 4 is 40.4 Å². The summed E-state index contributed by atoms with van der Waals surface area (Å²) in [6.07, 6.45) is 1.66. The molecule has 2 aliphatic heterocycles. The van der Waals surface area contributed by atoms with Gasteiger partial charge in [-0.15, -0.1) is 0 Å². The highest BCUT2D eigenvalue weighted by Gasteiger charge is 2.43. The van der Waals surface area contributed by atoms with Gasteiger partial charge >= 0.3 is 0 Å². The van der Waals surface area contributed by atoms with E-state index < -0.39 is 60.3 Å². The van der Waals surface area contributed by atoms with Crippen molar-refractivity contribution < 1.29 is 29.1 Å². The molecule has 1 aromatic heterocycles. The van der Waals surface area contributed by atoms with Crippen LogP contribution in [0.25, 0.3) is 10.9 Å². The van der Waals surface area contributed by atoms with Gasteiger partial charge in [-0.1, -0.05) is 60.7 Å². The lowest BCUT2D eigenvalue weighted by atomic mass is 10.0. The van der Waals surface area contributed by atoms with E-state index in [1.165, 1.54) is 9.80 Å². The van der Waals surface area contributed by atoms with Crippen LogP contribution in [0.2, 0.25) is 0 Å². The largest absolute Gasteiger partial charge is 0.391 e. The minimum absolute atomic E-state index is 0.00373. The van der Waals surface area contributed by atoms with Crippen LogP contribution in [0.15, 0.2) is 85.1 Å². The molecule has 5 amide bonds. The normalized spacial score (nSPS) is 22.1. The molecular weight excluding hydrogens is 650 g/mol. The summed E-state index contributed by atoms with van der Waals surface area (Å²) in [7, 11) is 0. The Bertz CT molecular complexity index is 1880. The molecule has 4 aromatic rings. The Balaban J connectivity index is 1.33. The molecule has 3 aromatic carbocycles. The van der Waals surface area contributed by atoms with Gasteiger partial charge in [-0.25, -0.2) is 0 Å². The van der Waals surface area contributed by atoms with Gasteiger partial charge in [-0.3, -0.25) is 24.0 Å². The summed E-state index contributed by atoms with van der Waals surface area (Å²) in [6, 6.07) is 20.5. The summed E-state index contributed by atoms with van der Waals surface area (Å²) in [4.78, 5) is 75.2. The zero-order valence-electron chi connectivity index (χ0n) is 28.2. The average Bonchev–Trinajstić information content (AvgIpc) is 3.73. The van der Waals surface area contributed by atoms with Crippen LogP contribution < -0.4 is 21.7 Å². The number of aliphatic hydroxyl groups excluding tert-OH is 1. The topological polar surface area (TPSA) is 190 Å². The monoisotopic (exact) mass is 693 g/mol. The number of para-hydroxylation sites is 1. The van der Waals surface area contributed by atoms with E-state index >= 15 is 0 Å². The Morgan fingerprint density at radius 3 is 2.35 bits per heavy atom. The molecule has 4 atom stereocenters. The molecule has 3 heterocycles. The minimum atomic E-state index is -1.13. The maximum atomic E-state index is 14.4. The van der Waals surface area contributed by atoms with E-state index in [2.05, 4.69) is 20.9 Å². The van der Waals surface area contributed by atoms with Crippen molar-refractivity contribution in [2.24, 2.45) is 5.73 Å². The number of rotatable bonds is 7. The number of H-pyrrole nitrogens is 1. The molecule has 0 aliphatic carbocycles. The lowest BCUT2D eigenvalue weighted by molar-refractivity contribution is -0.142. The van der Waals surface area contributed by atoms with Gasteiger partial charge in [0.25, 0.3) is 5.91 Å². The number of nitrogens with zero attached hydrogens (tertiary/aromatic N) is 2. The van der Waals surface area contributed by atoms with E-state index in [-0.39, 0.29) is 38.9 Å². The van der Waals surface area contributed by atoms with E-state index in [9.17, 15) is 29.1 Å². The van der Waals surface area contributed by atoms with Crippen molar-refractivity contribution in [2.75, 3.05) is 32.7 Å². The maximum absolute atomic E-state index is 14.4. The van der Waals surface area contributed by atoms with Crippen molar-refractivity contribution in [2.45, 2.75) is 49.9 Å². The Morgan fingerprint density at radius 1 is 0.843 bits per heavy atom. The van der Waals surface area contributed by atoms with Gasteiger partial charge in [0, 0.05) is 61.6 Å². The van der Waals surface area contributed by atoms with Crippen LogP contribution in [0.1, 0.15) is 33.5 Å². The number of hydrogen-bond donors (Lipinski definition) is 6. The van der Waals surface area contributed by atoms with Crippen LogP contribution in [0, 0.1) is 0 Å². The smallest absolute Gasteiger partial charge is 0.254 e. The fourth-order valence-electron chi connectivity index (χ4n) is 6.82. The number of fused-ring (bicyclic) bond motifs is 2. The molecule has 0 spiro atoms. The van der Waals surface area contributed by atoms with Gasteiger partial charge in [-0.2, -0.15) is 0 Å². The highest BCUT2D eigenvalue weighted by molar-refractivity contribution is 5.98. The van der Waals surface area contributed by atoms with E-state index in [4.69, 9.17) is 5.73 Å². The van der Waals surface area contributed by atoms with Crippen LogP contribution in [-0.4, -0.2) is 106 Å². The molecule has 2 aliphatic rings. The maximum Gasteiger partial charge on any atom is 0.254 e. The zero-order chi connectivity index (χ0) is 35.9. The second-order valence-electron chi connectivity index (χ2n) is 13.1. The van der Waals surface area contributed by atoms with Crippen molar-refractivity contribution in [3.8, 4) is 0 Å². The van der Waals surface area contributed by atoms with E-state index in [0.29, 0.717) is 18.5 Å². The molecule has 0 radical (unpaired) electrons. The molecule has 7 N–H and O–H groups in total. The summed E-state index contributed by atoms with van der Waals surface area (Å²) in [5.41, 5.74) is 9.43. The van der Waals surface area contributed by atoms with Crippen LogP contribution >= 0.6 is 0 Å². The number of benzene rings is 3. The second-order valence-corrected chi connectivity index (χ2v) is 13.1. The third-order valence-electron chi connectivity index (χ3n) is 9.45. The molecule has 0 unspecified atom stereocenters. The first-order chi connectivity index (χ1) is 24.7. The molecule has 6 rings (SSSR count). The molecule has 2 fully saturated rings. The predicted octanol–water partition coefficient (Wildman–Crippen LogP) is 0.658. The first-order valence-electron chi connectivity index (χ1n) is 17.2. The summed E-state index contributed by atoms with van der Waals surface area (Å²) >= 11 is 0. The number of carbonyl (C=O) groups is 5. The summed E-state index contributed by atoms with van der Waals surface area (Å²) in [5, 5.41) is 20.1. The third kappa shape index (κ3) is 8.44. The molecular formula is C38H43N7O6. The van der Waals surface area contributed by atoms with E-state index in [1.54, 1.807) is 18.3 Å². The number of aromatic nitrogens is 1. The number of amides is 5. The number of aromatic amines is 1. The molecule has 266 valence electrons. The van der Waals surface area contributed by atoms with Gasteiger partial charge in [0.15, 0.2) is 0 Å². The summed E-state index contributed by atoms with van der Waals surface area (Å²) < 4.78 is 0. The van der Waals surface area contributed by atoms with Crippen LogP contribution in [0.5, 0.6) is 0 Å². The average molecular weight is 694 g/mol. The lowest BCUT2D eigenvalue weighted by Gasteiger charge is -2.30. The van der Waals surface area contributed by atoms with Gasteiger partial charge in [0.2, 0.25) is 23.6 Å². The Hall–Kier alpha value is -5.53. The second kappa shape index (κ2) is 16.0. The van der Waals surface area contributed by atoms with Gasteiger partial charge in [0.05, 0.1) is 12.6 Å². The van der Waals surface area contributed by atoms with Gasteiger partial charge in [-0.05, 0) is 47.9 Å². The number of nitrogens with one attached hydrogen (secondary N) is 4. The SMILES string of the molecule is NCCc1ccc(C(=O)N2CCNC(=O)[C@H](Cc3ccccc3)NC(=O)[C@@H]3C[C@@H](O)CN3C(=O)[C@@H](Cc3c[nH]c4ccccc34)NC(=O)C2)cc1. The summed E-state index contributed by atoms with van der Waals surface area (Å²) in [5.74, 6) is -2.65. The Morgan fingerprint density at radius 2 is 1.59 bits per heavy atom. The van der Waals surface area contributed by atoms with Crippen molar-refractivity contribution in [1.29, 1.82) is 0 Å². The standard InChI is InChI=1S/C38H43N7O6/c39-15-14-24-10-12-26(13-11-24)37(50)44-17-16-40-35(48)31(18-25-6-2-1-3-7-25)43-36(49)33-20-28(46)22-45(33)38(51)32(42-34(47)23-44)19-27-21-41-30-9-5-4-8-29(27)30/h1-13,21,28,31-33,41,46H,14-20,22-23,39H2,(H,40,48)(H,42,47)(H,43,49)/t28-,31+,32-,33+/m1/s1. The van der Waals surface area contributed by atoms with Crippen LogP contribution in [0.4, 0.5) is 0 Å². The Kier molecular flexibility index (Phi) is 11.1. The first kappa shape index (κ1) is 35.3. The zero-order valence-corrected chi connectivity index (χ0v) is 28.2. The molecule has 13 nitrogen and oxygen atoms in total. The van der Waals surface area contributed by atoms with Crippen LogP contribution in [-0.2, 0) is 38.4 Å². The highest BCUT2D eigenvalue weighted by Crippen LogP contribution is 2.24. The van der Waals surface area contributed by atoms with Crippen LogP contribution in [0.3, 0.4) is 0 Å². The summed E-state index contributed by atoms with van der Waals surface area (Å²) in [6.45, 7) is -0.0849. The molecule has 13 heteroatoms. The minimum Gasteiger partial charge on any atom is -0.391 e. The first-order valence-corrected chi connectivity index (χ1v) is 17.2. The predicted molar refractivity (Wildman–Crippen MR) is 190 cm³/mol. The number of nitrogens with two attached hydrogens (primary N) is 1. The fourth-order valence-corrected chi connectivity index (χ4v) is 6.82.